The van der Waals surface area contributed by atoms with Gasteiger partial charge < -0.3 is 9.84 Å². The van der Waals surface area contributed by atoms with Crippen LogP contribution >= 0.6 is 0 Å². The number of benzene rings is 1. The molecule has 0 unspecified atom stereocenters. The third-order valence-corrected chi connectivity index (χ3v) is 9.58. The fourth-order valence-corrected chi connectivity index (χ4v) is 7.80. The van der Waals surface area contributed by atoms with Crippen LogP contribution < -0.4 is 4.90 Å². The Kier molecular flexibility index (Phi) is 5.36. The number of amides is 2. The average Bonchev–Trinajstić information content (AvgIpc) is 3.11. The lowest BCUT2D eigenvalue weighted by Crippen LogP contribution is -2.70. The van der Waals surface area contributed by atoms with E-state index in [1.165, 1.54) is 0 Å². The highest BCUT2D eigenvalue weighted by Crippen LogP contribution is 2.70. The Bertz CT molecular complexity index is 1170. The summed E-state index contributed by atoms with van der Waals surface area (Å²) in [6.07, 6.45) is 2.87. The van der Waals surface area contributed by atoms with Crippen molar-refractivity contribution in [1.82, 2.24) is 4.90 Å². The number of carbonyl (C=O) groups is 2. The molecule has 1 spiro atoms. The fourth-order valence-electron chi connectivity index (χ4n) is 7.80. The number of azide groups is 1. The van der Waals surface area contributed by atoms with Crippen LogP contribution in [0.5, 0.6) is 0 Å². The summed E-state index contributed by atoms with van der Waals surface area (Å²) in [5.41, 5.74) is 5.11. The zero-order valence-electron chi connectivity index (χ0n) is 22.1. The van der Waals surface area contributed by atoms with Crippen LogP contribution in [-0.4, -0.2) is 57.4 Å². The number of carbonyl (C=O) groups excluding carboxylic acids is 2. The van der Waals surface area contributed by atoms with Crippen molar-refractivity contribution in [2.24, 2.45) is 10.5 Å². The summed E-state index contributed by atoms with van der Waals surface area (Å²) in [7, 11) is 0. The first-order valence-corrected chi connectivity index (χ1v) is 13.0. The second-order valence-corrected chi connectivity index (χ2v) is 12.7. The summed E-state index contributed by atoms with van der Waals surface area (Å²) in [5, 5.41) is 17.0. The lowest BCUT2D eigenvalue weighted by Gasteiger charge is -2.58. The molecule has 4 aliphatic rings. The molecule has 194 valence electrons. The van der Waals surface area contributed by atoms with Gasteiger partial charge in [-0.1, -0.05) is 43.6 Å². The number of hydrogen-bond donors (Lipinski definition) is 1. The van der Waals surface area contributed by atoms with E-state index in [0.29, 0.717) is 30.3 Å². The van der Waals surface area contributed by atoms with Crippen LogP contribution in [0.2, 0.25) is 0 Å². The summed E-state index contributed by atoms with van der Waals surface area (Å²) in [6, 6.07) is 7.68. The van der Waals surface area contributed by atoms with Crippen molar-refractivity contribution in [2.45, 2.75) is 108 Å². The second kappa shape index (κ2) is 7.70. The van der Waals surface area contributed by atoms with Gasteiger partial charge in [0.1, 0.15) is 5.60 Å². The van der Waals surface area contributed by atoms with Crippen molar-refractivity contribution in [2.75, 3.05) is 11.4 Å². The van der Waals surface area contributed by atoms with Crippen LogP contribution in [0.4, 0.5) is 10.5 Å². The van der Waals surface area contributed by atoms with Gasteiger partial charge in [-0.25, -0.2) is 9.69 Å². The molecule has 5 atom stereocenters. The lowest BCUT2D eigenvalue weighted by molar-refractivity contribution is -0.164. The minimum absolute atomic E-state index is 0.124. The van der Waals surface area contributed by atoms with Crippen LogP contribution in [0.25, 0.3) is 10.4 Å². The average molecular weight is 496 g/mol. The molecule has 1 saturated carbocycles. The van der Waals surface area contributed by atoms with Crippen LogP contribution in [-0.2, 0) is 14.9 Å². The molecule has 3 aliphatic heterocycles. The maximum absolute atomic E-state index is 14.5. The summed E-state index contributed by atoms with van der Waals surface area (Å²) in [6.45, 7) is 11.6. The molecule has 1 aromatic carbocycles. The van der Waals surface area contributed by atoms with Gasteiger partial charge in [-0.05, 0) is 70.5 Å². The molecule has 0 bridgehead atoms. The van der Waals surface area contributed by atoms with Crippen molar-refractivity contribution in [1.29, 1.82) is 0 Å². The fraction of sp³-hybridized carbons (Fsp3) is 0.704. The van der Waals surface area contributed by atoms with Crippen molar-refractivity contribution in [3.8, 4) is 0 Å². The van der Waals surface area contributed by atoms with Gasteiger partial charge in [-0.3, -0.25) is 9.69 Å². The number of piperidine rings is 2. The number of rotatable bonds is 1. The first-order chi connectivity index (χ1) is 16.7. The standard InChI is InChI=1S/C27H37N5O4/c1-17-10-9-11-18-14-27(35)24(5,6)26(15-25(27,29-30-28)16-31(17)18)19-12-7-8-13-20(19)32(21(26)33)22(34)36-23(2,3)4/h7-8,12-13,17-18,35H,9-11,14-16H2,1-6H3/t17-,18+,25+,26-,27-/m1/s1. The largest absolute Gasteiger partial charge is 0.443 e. The van der Waals surface area contributed by atoms with E-state index in [1.54, 1.807) is 32.9 Å². The second-order valence-electron chi connectivity index (χ2n) is 12.7. The molecule has 0 aromatic heterocycles. The predicted molar refractivity (Wildman–Crippen MR) is 135 cm³/mol. The highest BCUT2D eigenvalue weighted by molar-refractivity contribution is 6.22. The van der Waals surface area contributed by atoms with E-state index in [9.17, 15) is 20.2 Å². The molecule has 3 heterocycles. The molecule has 1 aromatic rings. The zero-order valence-corrected chi connectivity index (χ0v) is 22.1. The maximum Gasteiger partial charge on any atom is 0.421 e. The molecular weight excluding hydrogens is 458 g/mol. The number of para-hydroxylation sites is 1. The smallest absolute Gasteiger partial charge is 0.421 e. The number of hydrogen-bond acceptors (Lipinski definition) is 6. The van der Waals surface area contributed by atoms with Crippen LogP contribution in [0, 0.1) is 5.41 Å². The number of ether oxygens (including phenoxy) is 1. The summed E-state index contributed by atoms with van der Waals surface area (Å²) >= 11 is 0. The molecule has 36 heavy (non-hydrogen) atoms. The first kappa shape index (κ1) is 25.1. The highest BCUT2D eigenvalue weighted by Gasteiger charge is 2.80. The van der Waals surface area contributed by atoms with Gasteiger partial charge in [0.2, 0.25) is 5.91 Å². The number of nitrogens with zero attached hydrogens (tertiary/aromatic N) is 5. The normalized spacial score (nSPS) is 37.2. The molecule has 1 N–H and O–H groups in total. The van der Waals surface area contributed by atoms with E-state index in [0.717, 1.165) is 24.2 Å². The monoisotopic (exact) mass is 495 g/mol. The summed E-state index contributed by atoms with van der Waals surface area (Å²) in [5.74, 6) is -0.427. The summed E-state index contributed by atoms with van der Waals surface area (Å²) in [4.78, 5) is 34.6. The molecule has 9 nitrogen and oxygen atoms in total. The number of fused-ring (bicyclic) bond motifs is 4. The van der Waals surface area contributed by atoms with Gasteiger partial charge in [0.05, 0.1) is 22.2 Å². The van der Waals surface area contributed by atoms with Gasteiger partial charge in [0.25, 0.3) is 0 Å². The minimum Gasteiger partial charge on any atom is -0.443 e. The van der Waals surface area contributed by atoms with Crippen molar-refractivity contribution < 1.29 is 19.4 Å². The lowest BCUT2D eigenvalue weighted by atomic mass is 9.57. The number of aliphatic hydroxyl groups is 1. The van der Waals surface area contributed by atoms with Gasteiger partial charge in [0.15, 0.2) is 0 Å². The molecule has 9 heteroatoms. The Morgan fingerprint density at radius 3 is 2.61 bits per heavy atom. The van der Waals surface area contributed by atoms with Crippen molar-refractivity contribution >= 4 is 17.7 Å². The van der Waals surface area contributed by atoms with E-state index < -0.39 is 39.6 Å². The van der Waals surface area contributed by atoms with E-state index >= 15 is 0 Å². The number of imide groups is 1. The minimum atomic E-state index is -1.45. The van der Waals surface area contributed by atoms with Crippen LogP contribution in [0.3, 0.4) is 0 Å². The Labute approximate surface area is 212 Å². The maximum atomic E-state index is 14.5. The predicted octanol–water partition coefficient (Wildman–Crippen LogP) is 5.06. The van der Waals surface area contributed by atoms with Crippen LogP contribution in [0.1, 0.15) is 79.2 Å². The third-order valence-electron chi connectivity index (χ3n) is 9.58. The first-order valence-electron chi connectivity index (χ1n) is 13.0. The quantitative estimate of drug-likeness (QED) is 0.332. The molecule has 0 radical (unpaired) electrons. The van der Waals surface area contributed by atoms with Crippen molar-refractivity contribution in [3.05, 3.63) is 40.3 Å². The Morgan fingerprint density at radius 2 is 1.94 bits per heavy atom. The van der Waals surface area contributed by atoms with Gasteiger partial charge in [-0.15, -0.1) is 0 Å². The summed E-state index contributed by atoms with van der Waals surface area (Å²) < 4.78 is 5.64. The van der Waals surface area contributed by atoms with E-state index in [-0.39, 0.29) is 12.5 Å². The molecule has 1 aliphatic carbocycles. The molecule has 3 fully saturated rings. The molecular formula is C27H37N5O4. The Balaban J connectivity index is 1.71. The van der Waals surface area contributed by atoms with E-state index in [1.807, 2.05) is 26.0 Å². The van der Waals surface area contributed by atoms with E-state index in [4.69, 9.17) is 4.74 Å². The van der Waals surface area contributed by atoms with Crippen LogP contribution in [0.15, 0.2) is 29.4 Å². The topological polar surface area (TPSA) is 119 Å². The van der Waals surface area contributed by atoms with Gasteiger partial charge in [0, 0.05) is 29.0 Å². The SMILES string of the molecule is C[C@@H]1CCC[C@H]2C[C@@]3(O)C(C)(C)[C@@]4(C[C@]3(N=[N+]=[N-])CN21)C(=O)N(C(=O)OC(C)(C)C)c1ccccc14. The van der Waals surface area contributed by atoms with Gasteiger partial charge >= 0.3 is 6.09 Å². The van der Waals surface area contributed by atoms with E-state index in [2.05, 4.69) is 21.8 Å². The number of anilines is 1. The Morgan fingerprint density at radius 1 is 1.25 bits per heavy atom. The zero-order chi connectivity index (χ0) is 26.3. The highest BCUT2D eigenvalue weighted by atomic mass is 16.6. The molecule has 5 rings (SSSR count). The van der Waals surface area contributed by atoms with Crippen molar-refractivity contribution in [3.63, 3.8) is 0 Å². The third kappa shape index (κ3) is 2.99. The molecule has 2 saturated heterocycles. The Hall–Kier alpha value is -2.61. The van der Waals surface area contributed by atoms with Gasteiger partial charge in [-0.2, -0.15) is 0 Å². The molecule has 2 amide bonds.